The van der Waals surface area contributed by atoms with Crippen LogP contribution < -0.4 is 0 Å². The molecule has 15 nitrogen and oxygen atoms in total. The first-order valence-electron chi connectivity index (χ1n) is 20.3. The summed E-state index contributed by atoms with van der Waals surface area (Å²) in [5.74, 6) is -2.13. The van der Waals surface area contributed by atoms with Gasteiger partial charge in [0.25, 0.3) is 0 Å². The lowest BCUT2D eigenvalue weighted by atomic mass is 9.44. The lowest BCUT2D eigenvalue weighted by Gasteiger charge is -2.60. The number of ketones is 2. The van der Waals surface area contributed by atoms with Gasteiger partial charge in [-0.15, -0.1) is 0 Å². The summed E-state index contributed by atoms with van der Waals surface area (Å²) in [6.07, 6.45) is -10.7. The average molecular weight is 795 g/mol. The van der Waals surface area contributed by atoms with E-state index in [1.807, 2.05) is 33.8 Å². The van der Waals surface area contributed by atoms with Gasteiger partial charge in [-0.3, -0.25) is 9.59 Å². The number of fused-ring (bicyclic) bond motifs is 5. The lowest BCUT2D eigenvalue weighted by molar-refractivity contribution is -0.369. The van der Waals surface area contributed by atoms with Crippen LogP contribution in [0.15, 0.2) is 23.0 Å². The minimum Gasteiger partial charge on any atom is -0.504 e. The largest absolute Gasteiger partial charge is 0.504 e. The van der Waals surface area contributed by atoms with E-state index in [-0.39, 0.29) is 64.7 Å². The van der Waals surface area contributed by atoms with Crippen LogP contribution in [0.4, 0.5) is 0 Å². The second-order valence-electron chi connectivity index (χ2n) is 18.1. The Hall–Kier alpha value is -2.31. The number of carboxylic acid groups (broad SMARTS) is 1. The summed E-state index contributed by atoms with van der Waals surface area (Å²) >= 11 is 0. The summed E-state index contributed by atoms with van der Waals surface area (Å²) in [4.78, 5) is 39.3. The average Bonchev–Trinajstić information content (AvgIpc) is 3.35. The molecule has 0 aromatic rings. The third kappa shape index (κ3) is 7.32. The van der Waals surface area contributed by atoms with Crippen LogP contribution in [0.3, 0.4) is 0 Å². The minimum absolute atomic E-state index is 0.0324. The first-order chi connectivity index (χ1) is 26.3. The third-order valence-corrected chi connectivity index (χ3v) is 14.7. The van der Waals surface area contributed by atoms with Crippen molar-refractivity contribution >= 4 is 17.5 Å². The molecule has 0 unspecified atom stereocenters. The summed E-state index contributed by atoms with van der Waals surface area (Å²) in [5.41, 5.74) is 0.726. The Balaban J connectivity index is 1.16. The van der Waals surface area contributed by atoms with E-state index in [0.717, 1.165) is 24.8 Å². The number of Topliss-reactive ketones (excluding diaryl/α,β-unsaturated/α-hetero) is 2. The number of carboxylic acids is 1. The van der Waals surface area contributed by atoms with E-state index in [9.17, 15) is 55.2 Å². The Morgan fingerprint density at radius 2 is 1.59 bits per heavy atom. The molecule has 0 aromatic heterocycles. The number of ether oxygens (including phenoxy) is 4. The second-order valence-corrected chi connectivity index (χ2v) is 18.1. The van der Waals surface area contributed by atoms with Gasteiger partial charge < -0.3 is 59.8 Å². The molecular weight excluding hydrogens is 732 g/mol. The maximum absolute atomic E-state index is 14.0. The Bertz CT molecular complexity index is 1560. The van der Waals surface area contributed by atoms with Gasteiger partial charge in [0.2, 0.25) is 5.78 Å². The monoisotopic (exact) mass is 794 g/mol. The Labute approximate surface area is 327 Å². The zero-order chi connectivity index (χ0) is 41.2. The highest BCUT2D eigenvalue weighted by Gasteiger charge is 2.64. The molecule has 6 rings (SSSR count). The zero-order valence-electron chi connectivity index (χ0n) is 33.2. The molecule has 0 bridgehead atoms. The molecular formula is C41H62O15. The van der Waals surface area contributed by atoms with Crippen LogP contribution in [0.25, 0.3) is 0 Å². The van der Waals surface area contributed by atoms with Crippen LogP contribution in [0.2, 0.25) is 0 Å². The van der Waals surface area contributed by atoms with Crippen molar-refractivity contribution in [2.75, 3.05) is 6.61 Å². The zero-order valence-corrected chi connectivity index (χ0v) is 33.2. The normalized spacial score (nSPS) is 46.3. The number of rotatable bonds is 11. The van der Waals surface area contributed by atoms with Gasteiger partial charge in [-0.2, -0.15) is 0 Å². The minimum atomic E-state index is -1.95. The van der Waals surface area contributed by atoms with Gasteiger partial charge in [-0.25, -0.2) is 4.79 Å². The van der Waals surface area contributed by atoms with E-state index in [1.165, 1.54) is 0 Å². The van der Waals surface area contributed by atoms with E-state index in [2.05, 4.69) is 13.8 Å². The fourth-order valence-corrected chi connectivity index (χ4v) is 11.8. The third-order valence-electron chi connectivity index (χ3n) is 14.7. The highest BCUT2D eigenvalue weighted by Crippen LogP contribution is 2.67. The van der Waals surface area contributed by atoms with Gasteiger partial charge in [0.15, 0.2) is 30.2 Å². The molecule has 316 valence electrons. The molecule has 2 aliphatic heterocycles. The van der Waals surface area contributed by atoms with Crippen molar-refractivity contribution < 1.29 is 74.2 Å². The highest BCUT2D eigenvalue weighted by molar-refractivity contribution is 6.01. The molecule has 0 radical (unpaired) electrons. The van der Waals surface area contributed by atoms with Gasteiger partial charge in [0.1, 0.15) is 42.7 Å². The predicted molar refractivity (Wildman–Crippen MR) is 196 cm³/mol. The summed E-state index contributed by atoms with van der Waals surface area (Å²) in [7, 11) is 0. The molecule has 2 heterocycles. The van der Waals surface area contributed by atoms with Gasteiger partial charge in [-0.1, -0.05) is 40.7 Å². The van der Waals surface area contributed by atoms with Crippen LogP contribution in [-0.4, -0.2) is 133 Å². The summed E-state index contributed by atoms with van der Waals surface area (Å²) in [6.45, 7) is 11.4. The van der Waals surface area contributed by atoms with Crippen molar-refractivity contribution in [1.29, 1.82) is 0 Å². The molecule has 4 aliphatic carbocycles. The van der Waals surface area contributed by atoms with Crippen molar-refractivity contribution in [3.63, 3.8) is 0 Å². The number of aliphatic hydroxyl groups is 7. The lowest BCUT2D eigenvalue weighted by Crippen LogP contribution is -2.65. The molecule has 15 heteroatoms. The number of aliphatic hydroxyl groups excluding tert-OH is 7. The number of carbonyl (C=O) groups is 3. The van der Waals surface area contributed by atoms with Crippen LogP contribution in [0.1, 0.15) is 92.9 Å². The van der Waals surface area contributed by atoms with Crippen LogP contribution in [-0.2, 0) is 33.3 Å². The van der Waals surface area contributed by atoms with Crippen LogP contribution in [0, 0.1) is 46.3 Å². The first-order valence-corrected chi connectivity index (χ1v) is 20.3. The van der Waals surface area contributed by atoms with E-state index in [4.69, 9.17) is 18.9 Å². The molecule has 5 fully saturated rings. The van der Waals surface area contributed by atoms with E-state index >= 15 is 0 Å². The maximum atomic E-state index is 14.0. The van der Waals surface area contributed by atoms with Gasteiger partial charge in [0.05, 0.1) is 12.7 Å². The highest BCUT2D eigenvalue weighted by atomic mass is 16.8. The van der Waals surface area contributed by atoms with Crippen molar-refractivity contribution in [3.05, 3.63) is 23.0 Å². The SMILES string of the molecule is C/C=C(/C(=O)C[C@@H](C)C1=C(O)C(=O)[C@@H]2[C@@H]3CC[C@H]4C[C@@H](O[C@@H]5O[C@H](C(=O)O)[C@@H](O)[C@H](O)[C@H]5O[C@@H]5O[C@H](CO)[C@@H](O)[C@H](O)[C@H]5O)CC[C@]4(C)[C@H]3CC[C@]12C)C(C)C. The number of aliphatic carboxylic acids is 1. The molecule has 0 aromatic carbocycles. The van der Waals surface area contributed by atoms with Crippen molar-refractivity contribution in [3.8, 4) is 0 Å². The van der Waals surface area contributed by atoms with Crippen molar-refractivity contribution in [2.24, 2.45) is 46.3 Å². The van der Waals surface area contributed by atoms with E-state index in [1.54, 1.807) is 0 Å². The molecule has 0 amide bonds. The number of hydrogen-bond acceptors (Lipinski definition) is 14. The molecule has 56 heavy (non-hydrogen) atoms. The van der Waals surface area contributed by atoms with Gasteiger partial charge in [0, 0.05) is 17.8 Å². The van der Waals surface area contributed by atoms with E-state index in [0.29, 0.717) is 31.3 Å². The molecule has 2 saturated heterocycles. The molecule has 6 aliphatic rings. The summed E-state index contributed by atoms with van der Waals surface area (Å²) in [5, 5.41) is 83.7. The summed E-state index contributed by atoms with van der Waals surface area (Å²) in [6, 6.07) is 0. The Kier molecular flexibility index (Phi) is 12.7. The second kappa shape index (κ2) is 16.4. The molecule has 18 atom stereocenters. The Morgan fingerprint density at radius 3 is 2.21 bits per heavy atom. The standard InChI is InChI=1S/C41H62O15/c1-7-21(17(2)3)24(43)14-18(4)26-29(45)30(46)27-22-9-8-19-15-20(10-12-40(19,5)23(22)11-13-41(26,27)6)53-39-36(33(49)32(48)35(55-39)37(51)52)56-38-34(50)31(47)28(44)25(16-42)54-38/h7,17-20,22-23,25,27-28,31-36,38-39,42,44-45,47-50H,8-16H2,1-6H3,(H,51,52)/b21-7+/t18-,19+,20+,22-,23+,25-,27+,28-,31+,32+,33+,34-,35+,36-,38+,39-,40+,41-/m1/s1. The fraction of sp³-hybridized carbons (Fsp3) is 0.829. The number of allylic oxidation sites excluding steroid dienone is 4. The maximum Gasteiger partial charge on any atom is 0.335 e. The number of hydrogen-bond donors (Lipinski definition) is 8. The van der Waals surface area contributed by atoms with E-state index < -0.39 is 85.5 Å². The van der Waals surface area contributed by atoms with Crippen molar-refractivity contribution in [2.45, 2.75) is 160 Å². The molecule has 3 saturated carbocycles. The van der Waals surface area contributed by atoms with Gasteiger partial charge >= 0.3 is 5.97 Å². The fourth-order valence-electron chi connectivity index (χ4n) is 11.8. The number of carbonyl (C=O) groups excluding carboxylic acids is 2. The topological polar surface area (TPSA) is 250 Å². The van der Waals surface area contributed by atoms with Crippen molar-refractivity contribution in [1.82, 2.24) is 0 Å². The molecule has 0 spiro atoms. The Morgan fingerprint density at radius 1 is 0.893 bits per heavy atom. The van der Waals surface area contributed by atoms with Crippen LogP contribution >= 0.6 is 0 Å². The summed E-state index contributed by atoms with van der Waals surface area (Å²) < 4.78 is 23.3. The first kappa shape index (κ1) is 43.3. The van der Waals surface area contributed by atoms with Crippen LogP contribution in [0.5, 0.6) is 0 Å². The quantitative estimate of drug-likeness (QED) is 0.110. The molecule has 8 N–H and O–H groups in total. The van der Waals surface area contributed by atoms with Gasteiger partial charge in [-0.05, 0) is 98.0 Å². The predicted octanol–water partition coefficient (Wildman–Crippen LogP) is 1.93. The smallest absolute Gasteiger partial charge is 0.335 e.